The summed E-state index contributed by atoms with van der Waals surface area (Å²) in [4.78, 5) is 26.1. The summed E-state index contributed by atoms with van der Waals surface area (Å²) < 4.78 is 0. The molecule has 0 spiro atoms. The molecule has 1 fully saturated rings. The molecule has 1 saturated heterocycles. The zero-order valence-electron chi connectivity index (χ0n) is 12.6. The highest BCUT2D eigenvalue weighted by molar-refractivity contribution is 5.90. The maximum absolute atomic E-state index is 12.5. The molecule has 4 nitrogen and oxygen atoms in total. The fraction of sp³-hybridized carbons (Fsp3) is 0.867. The zero-order valence-corrected chi connectivity index (χ0v) is 12.6. The first-order chi connectivity index (χ1) is 9.13. The summed E-state index contributed by atoms with van der Waals surface area (Å²) in [5.74, 6) is 0.122. The van der Waals surface area contributed by atoms with E-state index in [2.05, 4.69) is 19.2 Å². The number of amides is 2. The quantitative estimate of drug-likeness (QED) is 0.771. The molecular formula is C15H28N2O2. The Morgan fingerprint density at radius 3 is 2.53 bits per heavy atom. The zero-order chi connectivity index (χ0) is 14.3. The van der Waals surface area contributed by atoms with Gasteiger partial charge in [0.05, 0.1) is 0 Å². The molecule has 1 aliphatic rings. The minimum absolute atomic E-state index is 0.00781. The van der Waals surface area contributed by atoms with E-state index in [1.807, 2.05) is 11.8 Å². The number of unbranched alkanes of at least 4 members (excludes halogenated alkanes) is 1. The third-order valence-corrected chi connectivity index (χ3v) is 3.86. The van der Waals surface area contributed by atoms with Crippen molar-refractivity contribution in [2.75, 3.05) is 6.54 Å². The maximum atomic E-state index is 12.5. The molecule has 0 aromatic heterocycles. The fourth-order valence-electron chi connectivity index (χ4n) is 2.73. The molecule has 0 bridgehead atoms. The number of hydrogen-bond donors (Lipinski definition) is 1. The highest BCUT2D eigenvalue weighted by Crippen LogP contribution is 2.18. The van der Waals surface area contributed by atoms with Gasteiger partial charge in [-0.25, -0.2) is 0 Å². The van der Waals surface area contributed by atoms with Crippen molar-refractivity contribution in [1.29, 1.82) is 0 Å². The van der Waals surface area contributed by atoms with E-state index in [9.17, 15) is 9.59 Å². The molecule has 2 unspecified atom stereocenters. The van der Waals surface area contributed by atoms with Gasteiger partial charge in [0.15, 0.2) is 0 Å². The molecule has 1 heterocycles. The second kappa shape index (κ2) is 8.18. The molecule has 0 aliphatic carbocycles. The number of carbonyl (C=O) groups is 2. The SMILES string of the molecule is CCCCC(CCC)N1CCC(=O)NC(CC)C1=O. The van der Waals surface area contributed by atoms with Gasteiger partial charge in [0.25, 0.3) is 0 Å². The van der Waals surface area contributed by atoms with E-state index >= 15 is 0 Å². The van der Waals surface area contributed by atoms with Crippen LogP contribution in [-0.4, -0.2) is 35.3 Å². The van der Waals surface area contributed by atoms with Crippen molar-refractivity contribution in [3.8, 4) is 0 Å². The number of carbonyl (C=O) groups excluding carboxylic acids is 2. The standard InChI is InChI=1S/C15H28N2O2/c1-4-7-9-12(8-5-2)17-11-10-14(18)16-13(6-3)15(17)19/h12-13H,4-11H2,1-3H3,(H,16,18). The molecule has 1 aliphatic heterocycles. The van der Waals surface area contributed by atoms with Crippen LogP contribution in [0.2, 0.25) is 0 Å². The summed E-state index contributed by atoms with van der Waals surface area (Å²) in [7, 11) is 0. The van der Waals surface area contributed by atoms with Gasteiger partial charge >= 0.3 is 0 Å². The minimum Gasteiger partial charge on any atom is -0.344 e. The van der Waals surface area contributed by atoms with E-state index < -0.39 is 0 Å². The van der Waals surface area contributed by atoms with Crippen LogP contribution < -0.4 is 5.32 Å². The molecule has 1 rings (SSSR count). The first-order valence-electron chi connectivity index (χ1n) is 7.73. The summed E-state index contributed by atoms with van der Waals surface area (Å²) in [6.45, 7) is 6.86. The summed E-state index contributed by atoms with van der Waals surface area (Å²) in [5.41, 5.74) is 0. The Morgan fingerprint density at radius 2 is 1.95 bits per heavy atom. The van der Waals surface area contributed by atoms with Crippen molar-refractivity contribution < 1.29 is 9.59 Å². The Balaban J connectivity index is 2.79. The third kappa shape index (κ3) is 4.51. The van der Waals surface area contributed by atoms with Crippen LogP contribution in [0.15, 0.2) is 0 Å². The van der Waals surface area contributed by atoms with Crippen LogP contribution in [0.5, 0.6) is 0 Å². The summed E-state index contributed by atoms with van der Waals surface area (Å²) in [6, 6.07) is -0.0183. The lowest BCUT2D eigenvalue weighted by Gasteiger charge is -2.32. The molecule has 1 N–H and O–H groups in total. The highest BCUT2D eigenvalue weighted by Gasteiger charge is 2.32. The molecule has 110 valence electrons. The summed E-state index contributed by atoms with van der Waals surface area (Å²) in [5, 5.41) is 2.83. The molecule has 0 aromatic carbocycles. The Hall–Kier alpha value is -1.06. The lowest BCUT2D eigenvalue weighted by molar-refractivity contribution is -0.136. The van der Waals surface area contributed by atoms with Crippen LogP contribution in [0.3, 0.4) is 0 Å². The second-order valence-corrected chi connectivity index (χ2v) is 5.39. The van der Waals surface area contributed by atoms with E-state index in [1.165, 1.54) is 0 Å². The molecule has 19 heavy (non-hydrogen) atoms. The molecule has 0 aromatic rings. The van der Waals surface area contributed by atoms with Gasteiger partial charge in [-0.1, -0.05) is 40.0 Å². The normalized spacial score (nSPS) is 22.1. The van der Waals surface area contributed by atoms with Gasteiger partial charge in [-0.15, -0.1) is 0 Å². The minimum atomic E-state index is -0.323. The van der Waals surface area contributed by atoms with Crippen molar-refractivity contribution in [2.24, 2.45) is 0 Å². The van der Waals surface area contributed by atoms with Gasteiger partial charge in [0.1, 0.15) is 6.04 Å². The van der Waals surface area contributed by atoms with E-state index in [-0.39, 0.29) is 17.9 Å². The first kappa shape index (κ1) is 16.0. The topological polar surface area (TPSA) is 49.4 Å². The lowest BCUT2D eigenvalue weighted by Crippen LogP contribution is -2.48. The molecule has 2 amide bonds. The molecule has 2 atom stereocenters. The van der Waals surface area contributed by atoms with E-state index in [0.717, 1.165) is 32.1 Å². The Labute approximate surface area is 116 Å². The highest BCUT2D eigenvalue weighted by atomic mass is 16.2. The summed E-state index contributed by atoms with van der Waals surface area (Å²) in [6.07, 6.45) is 6.58. The lowest BCUT2D eigenvalue weighted by atomic mass is 10.0. The number of hydrogen-bond acceptors (Lipinski definition) is 2. The van der Waals surface area contributed by atoms with Gasteiger partial charge in [-0.05, 0) is 19.3 Å². The largest absolute Gasteiger partial charge is 0.344 e. The predicted octanol–water partition coefficient (Wildman–Crippen LogP) is 2.47. The van der Waals surface area contributed by atoms with E-state index in [0.29, 0.717) is 25.4 Å². The number of nitrogens with zero attached hydrogens (tertiary/aromatic N) is 1. The second-order valence-electron chi connectivity index (χ2n) is 5.39. The molecule has 0 radical (unpaired) electrons. The van der Waals surface area contributed by atoms with Crippen LogP contribution in [-0.2, 0) is 9.59 Å². The van der Waals surface area contributed by atoms with Gasteiger partial charge < -0.3 is 10.2 Å². The van der Waals surface area contributed by atoms with Crippen LogP contribution in [0.1, 0.15) is 65.7 Å². The Kier molecular flexibility index (Phi) is 6.89. The van der Waals surface area contributed by atoms with Gasteiger partial charge in [-0.2, -0.15) is 0 Å². The molecule has 4 heteroatoms. The average Bonchev–Trinajstić information content (AvgIpc) is 2.54. The van der Waals surface area contributed by atoms with Crippen molar-refractivity contribution >= 4 is 11.8 Å². The predicted molar refractivity (Wildman–Crippen MR) is 76.8 cm³/mol. The third-order valence-electron chi connectivity index (χ3n) is 3.86. The van der Waals surface area contributed by atoms with E-state index in [4.69, 9.17) is 0 Å². The van der Waals surface area contributed by atoms with Crippen LogP contribution in [0.4, 0.5) is 0 Å². The molecular weight excluding hydrogens is 240 g/mol. The van der Waals surface area contributed by atoms with Gasteiger partial charge in [-0.3, -0.25) is 9.59 Å². The van der Waals surface area contributed by atoms with Crippen LogP contribution in [0.25, 0.3) is 0 Å². The van der Waals surface area contributed by atoms with Crippen molar-refractivity contribution in [2.45, 2.75) is 77.8 Å². The number of rotatable bonds is 7. The van der Waals surface area contributed by atoms with Gasteiger partial charge in [0, 0.05) is 19.0 Å². The first-order valence-corrected chi connectivity index (χ1v) is 7.73. The Morgan fingerprint density at radius 1 is 1.21 bits per heavy atom. The summed E-state index contributed by atoms with van der Waals surface area (Å²) >= 11 is 0. The van der Waals surface area contributed by atoms with Crippen LogP contribution in [0, 0.1) is 0 Å². The average molecular weight is 268 g/mol. The van der Waals surface area contributed by atoms with Crippen molar-refractivity contribution in [3.63, 3.8) is 0 Å². The van der Waals surface area contributed by atoms with Gasteiger partial charge in [0.2, 0.25) is 11.8 Å². The Bertz CT molecular complexity index is 305. The fourth-order valence-corrected chi connectivity index (χ4v) is 2.73. The monoisotopic (exact) mass is 268 g/mol. The van der Waals surface area contributed by atoms with Crippen molar-refractivity contribution in [1.82, 2.24) is 10.2 Å². The maximum Gasteiger partial charge on any atom is 0.245 e. The van der Waals surface area contributed by atoms with Crippen LogP contribution >= 0.6 is 0 Å². The molecule has 0 saturated carbocycles. The van der Waals surface area contributed by atoms with E-state index in [1.54, 1.807) is 0 Å². The van der Waals surface area contributed by atoms with Crippen molar-refractivity contribution in [3.05, 3.63) is 0 Å². The smallest absolute Gasteiger partial charge is 0.245 e. The number of nitrogens with one attached hydrogen (secondary N) is 1.